The van der Waals surface area contributed by atoms with E-state index in [1.54, 1.807) is 35.7 Å². The van der Waals surface area contributed by atoms with Crippen LogP contribution in [0.3, 0.4) is 0 Å². The minimum absolute atomic E-state index is 0.0110. The quantitative estimate of drug-likeness (QED) is 0.695. The fraction of sp³-hybridized carbons (Fsp3) is 0.250. The second-order valence-electron chi connectivity index (χ2n) is 6.42. The SMILES string of the molecule is O=C(c1ccccn1)N1CCN(Cc2nc(-c3ccc(F)cc3)cs2)CC1. The summed E-state index contributed by atoms with van der Waals surface area (Å²) in [4.78, 5) is 25.4. The Morgan fingerprint density at radius 2 is 1.85 bits per heavy atom. The monoisotopic (exact) mass is 382 g/mol. The summed E-state index contributed by atoms with van der Waals surface area (Å²) in [5, 5.41) is 3.03. The van der Waals surface area contributed by atoms with E-state index in [0.717, 1.165) is 35.9 Å². The first kappa shape index (κ1) is 17.8. The molecule has 3 heterocycles. The van der Waals surface area contributed by atoms with Crippen LogP contribution in [0.1, 0.15) is 15.5 Å². The van der Waals surface area contributed by atoms with Gasteiger partial charge in [0.15, 0.2) is 0 Å². The Kier molecular flexibility index (Phi) is 5.22. The van der Waals surface area contributed by atoms with E-state index in [0.29, 0.717) is 18.8 Å². The third kappa shape index (κ3) is 4.20. The van der Waals surface area contributed by atoms with Crippen LogP contribution in [0.25, 0.3) is 11.3 Å². The molecule has 1 amide bonds. The molecule has 27 heavy (non-hydrogen) atoms. The molecule has 1 aliphatic heterocycles. The summed E-state index contributed by atoms with van der Waals surface area (Å²) in [6.45, 7) is 3.75. The number of pyridine rings is 1. The predicted molar refractivity (Wildman–Crippen MR) is 103 cm³/mol. The van der Waals surface area contributed by atoms with Crippen molar-refractivity contribution < 1.29 is 9.18 Å². The van der Waals surface area contributed by atoms with E-state index in [2.05, 4.69) is 14.9 Å². The Morgan fingerprint density at radius 3 is 2.56 bits per heavy atom. The van der Waals surface area contributed by atoms with Crippen LogP contribution in [0.15, 0.2) is 54.0 Å². The Morgan fingerprint density at radius 1 is 1.07 bits per heavy atom. The van der Waals surface area contributed by atoms with Crippen molar-refractivity contribution in [1.82, 2.24) is 19.8 Å². The molecule has 0 saturated carbocycles. The number of carbonyl (C=O) groups is 1. The average Bonchev–Trinajstić information content (AvgIpc) is 3.18. The molecule has 0 bridgehead atoms. The molecule has 0 atom stereocenters. The minimum Gasteiger partial charge on any atom is -0.335 e. The highest BCUT2D eigenvalue weighted by molar-refractivity contribution is 7.09. The van der Waals surface area contributed by atoms with Crippen molar-refractivity contribution in [3.63, 3.8) is 0 Å². The molecule has 5 nitrogen and oxygen atoms in total. The van der Waals surface area contributed by atoms with E-state index in [9.17, 15) is 9.18 Å². The van der Waals surface area contributed by atoms with Gasteiger partial charge in [-0.3, -0.25) is 14.7 Å². The Bertz CT molecular complexity index is 905. The van der Waals surface area contributed by atoms with Gasteiger partial charge in [0.2, 0.25) is 0 Å². The van der Waals surface area contributed by atoms with Gasteiger partial charge in [-0.25, -0.2) is 9.37 Å². The molecular weight excluding hydrogens is 363 g/mol. The van der Waals surface area contributed by atoms with Gasteiger partial charge in [-0.1, -0.05) is 6.07 Å². The lowest BCUT2D eigenvalue weighted by atomic mass is 10.2. The highest BCUT2D eigenvalue weighted by Gasteiger charge is 2.23. The summed E-state index contributed by atoms with van der Waals surface area (Å²) in [7, 11) is 0. The highest BCUT2D eigenvalue weighted by Crippen LogP contribution is 2.23. The number of benzene rings is 1. The second-order valence-corrected chi connectivity index (χ2v) is 7.36. The van der Waals surface area contributed by atoms with Gasteiger partial charge in [0.05, 0.1) is 12.2 Å². The first-order valence-corrected chi connectivity index (χ1v) is 9.70. The molecule has 3 aromatic rings. The summed E-state index contributed by atoms with van der Waals surface area (Å²) >= 11 is 1.61. The van der Waals surface area contributed by atoms with Crippen LogP contribution in [0.4, 0.5) is 4.39 Å². The van der Waals surface area contributed by atoms with Crippen LogP contribution >= 0.6 is 11.3 Å². The number of halogens is 1. The fourth-order valence-electron chi connectivity index (χ4n) is 3.09. The maximum Gasteiger partial charge on any atom is 0.272 e. The van der Waals surface area contributed by atoms with Crippen molar-refractivity contribution >= 4 is 17.2 Å². The second kappa shape index (κ2) is 7.94. The number of hydrogen-bond acceptors (Lipinski definition) is 5. The number of rotatable bonds is 4. The van der Waals surface area contributed by atoms with E-state index in [1.165, 1.54) is 12.1 Å². The molecule has 0 aliphatic carbocycles. The molecule has 0 radical (unpaired) electrons. The smallest absolute Gasteiger partial charge is 0.272 e. The highest BCUT2D eigenvalue weighted by atomic mass is 32.1. The molecule has 1 aromatic carbocycles. The molecule has 7 heteroatoms. The fourth-order valence-corrected chi connectivity index (χ4v) is 3.93. The van der Waals surface area contributed by atoms with Crippen LogP contribution in [0.5, 0.6) is 0 Å². The number of thiazole rings is 1. The first-order chi connectivity index (χ1) is 13.2. The number of aromatic nitrogens is 2. The standard InChI is InChI=1S/C20H19FN4OS/c21-16-6-4-15(5-7-16)18-14-27-19(23-18)13-24-9-11-25(12-10-24)20(26)17-3-1-2-8-22-17/h1-8,14H,9-13H2. The largest absolute Gasteiger partial charge is 0.335 e. The van der Waals surface area contributed by atoms with Gasteiger partial charge in [0.25, 0.3) is 5.91 Å². The van der Waals surface area contributed by atoms with Gasteiger partial charge < -0.3 is 4.90 Å². The molecule has 0 N–H and O–H groups in total. The molecule has 1 saturated heterocycles. The Labute approximate surface area is 161 Å². The van der Waals surface area contributed by atoms with Crippen LogP contribution in [0.2, 0.25) is 0 Å². The van der Waals surface area contributed by atoms with Crippen molar-refractivity contribution in [2.24, 2.45) is 0 Å². The Hall–Kier alpha value is -2.64. The lowest BCUT2D eigenvalue weighted by Crippen LogP contribution is -2.48. The lowest BCUT2D eigenvalue weighted by Gasteiger charge is -2.34. The summed E-state index contributed by atoms with van der Waals surface area (Å²) in [6, 6.07) is 11.8. The van der Waals surface area contributed by atoms with Gasteiger partial charge >= 0.3 is 0 Å². The summed E-state index contributed by atoms with van der Waals surface area (Å²) < 4.78 is 13.1. The van der Waals surface area contributed by atoms with Crippen LogP contribution < -0.4 is 0 Å². The van der Waals surface area contributed by atoms with Crippen LogP contribution in [0, 0.1) is 5.82 Å². The van der Waals surface area contributed by atoms with Crippen molar-refractivity contribution in [3.8, 4) is 11.3 Å². The van der Waals surface area contributed by atoms with Crippen molar-refractivity contribution in [2.45, 2.75) is 6.54 Å². The molecule has 138 valence electrons. The zero-order valence-electron chi connectivity index (χ0n) is 14.7. The molecule has 4 rings (SSSR count). The maximum atomic E-state index is 13.1. The van der Waals surface area contributed by atoms with Gasteiger partial charge in [-0.15, -0.1) is 11.3 Å². The van der Waals surface area contributed by atoms with Crippen LogP contribution in [-0.2, 0) is 6.54 Å². The van der Waals surface area contributed by atoms with Crippen molar-refractivity contribution in [3.05, 3.63) is 70.6 Å². The predicted octanol–water partition coefficient (Wildman–Crippen LogP) is 3.30. The Balaban J connectivity index is 1.33. The van der Waals surface area contributed by atoms with E-state index in [-0.39, 0.29) is 11.7 Å². The topological polar surface area (TPSA) is 49.3 Å². The summed E-state index contributed by atoms with van der Waals surface area (Å²) in [6.07, 6.45) is 1.64. The molecule has 0 spiro atoms. The number of amides is 1. The van der Waals surface area contributed by atoms with E-state index >= 15 is 0 Å². The molecular formula is C20H19FN4OS. The van der Waals surface area contributed by atoms with Crippen molar-refractivity contribution in [2.75, 3.05) is 26.2 Å². The van der Waals surface area contributed by atoms with Crippen molar-refractivity contribution in [1.29, 1.82) is 0 Å². The average molecular weight is 382 g/mol. The minimum atomic E-state index is -0.243. The van der Waals surface area contributed by atoms with Gasteiger partial charge in [-0.05, 0) is 36.4 Å². The lowest BCUT2D eigenvalue weighted by molar-refractivity contribution is 0.0622. The zero-order chi connectivity index (χ0) is 18.6. The van der Waals surface area contributed by atoms with Gasteiger partial charge in [-0.2, -0.15) is 0 Å². The van der Waals surface area contributed by atoms with Gasteiger partial charge in [0.1, 0.15) is 16.5 Å². The van der Waals surface area contributed by atoms with E-state index < -0.39 is 0 Å². The molecule has 2 aromatic heterocycles. The zero-order valence-corrected chi connectivity index (χ0v) is 15.5. The van der Waals surface area contributed by atoms with Gasteiger partial charge in [0, 0.05) is 43.3 Å². The summed E-state index contributed by atoms with van der Waals surface area (Å²) in [5.41, 5.74) is 2.29. The number of piperazine rings is 1. The number of hydrogen-bond donors (Lipinski definition) is 0. The summed E-state index contributed by atoms with van der Waals surface area (Å²) in [5.74, 6) is -0.254. The van der Waals surface area contributed by atoms with E-state index in [1.807, 2.05) is 22.4 Å². The third-order valence-corrected chi connectivity index (χ3v) is 5.43. The number of carbonyl (C=O) groups excluding carboxylic acids is 1. The molecule has 0 unspecified atom stereocenters. The third-order valence-electron chi connectivity index (χ3n) is 4.59. The van der Waals surface area contributed by atoms with E-state index in [4.69, 9.17) is 0 Å². The molecule has 1 aliphatic rings. The molecule has 1 fully saturated rings. The maximum absolute atomic E-state index is 13.1. The first-order valence-electron chi connectivity index (χ1n) is 8.82. The normalized spacial score (nSPS) is 15.1. The number of nitrogens with zero attached hydrogens (tertiary/aromatic N) is 4. The van der Waals surface area contributed by atoms with Crippen LogP contribution in [-0.4, -0.2) is 51.9 Å².